The predicted octanol–water partition coefficient (Wildman–Crippen LogP) is 3.40. The van der Waals surface area contributed by atoms with Crippen molar-refractivity contribution in [3.63, 3.8) is 0 Å². The van der Waals surface area contributed by atoms with Crippen molar-refractivity contribution in [3.05, 3.63) is 53.9 Å². The first-order valence-corrected chi connectivity index (χ1v) is 6.46. The first-order chi connectivity index (χ1) is 10.1. The Labute approximate surface area is 120 Å². The van der Waals surface area contributed by atoms with E-state index in [1.165, 1.54) is 0 Å². The van der Waals surface area contributed by atoms with Gasteiger partial charge in [-0.3, -0.25) is 4.79 Å². The van der Waals surface area contributed by atoms with Gasteiger partial charge >= 0.3 is 0 Å². The van der Waals surface area contributed by atoms with Crippen LogP contribution in [0.2, 0.25) is 0 Å². The Morgan fingerprint density at radius 1 is 1.24 bits per heavy atom. The summed E-state index contributed by atoms with van der Waals surface area (Å²) in [6.45, 7) is 2.60. The first-order valence-electron chi connectivity index (χ1n) is 6.46. The second kappa shape index (κ2) is 6.78. The van der Waals surface area contributed by atoms with E-state index in [0.29, 0.717) is 18.0 Å². The topological polar surface area (TPSA) is 51.2 Å². The summed E-state index contributed by atoms with van der Waals surface area (Å²) in [4.78, 5) is 15.0. The smallest absolute Gasteiger partial charge is 0.258 e. The van der Waals surface area contributed by atoms with Gasteiger partial charge in [0.15, 0.2) is 5.82 Å². The van der Waals surface area contributed by atoms with Crippen molar-refractivity contribution in [2.45, 2.75) is 13.3 Å². The molecule has 110 valence electrons. The van der Waals surface area contributed by atoms with Crippen LogP contribution in [0.5, 0.6) is 5.75 Å². The molecule has 1 aromatic carbocycles. The van der Waals surface area contributed by atoms with Crippen molar-refractivity contribution in [3.8, 4) is 5.75 Å². The van der Waals surface area contributed by atoms with Crippen LogP contribution in [-0.4, -0.2) is 17.5 Å². The number of hydrogen-bond acceptors (Lipinski definition) is 3. The number of ether oxygens (including phenoxy) is 1. The number of nitrogens with zero attached hydrogens (tertiary/aromatic N) is 1. The van der Waals surface area contributed by atoms with E-state index in [9.17, 15) is 13.6 Å². The molecule has 6 heteroatoms. The maximum absolute atomic E-state index is 13.4. The highest BCUT2D eigenvalue weighted by atomic mass is 19.2. The van der Waals surface area contributed by atoms with Crippen molar-refractivity contribution in [2.75, 3.05) is 11.9 Å². The van der Waals surface area contributed by atoms with E-state index in [2.05, 4.69) is 10.3 Å². The highest BCUT2D eigenvalue weighted by molar-refractivity contribution is 6.04. The Bertz CT molecular complexity index is 630. The monoisotopic (exact) mass is 292 g/mol. The number of anilines is 1. The first kappa shape index (κ1) is 14.9. The number of rotatable bonds is 5. The largest absolute Gasteiger partial charge is 0.494 e. The van der Waals surface area contributed by atoms with E-state index in [1.54, 1.807) is 24.3 Å². The van der Waals surface area contributed by atoms with Gasteiger partial charge in [0.2, 0.25) is 5.95 Å². The number of aromatic nitrogens is 1. The maximum atomic E-state index is 13.4. The van der Waals surface area contributed by atoms with Gasteiger partial charge < -0.3 is 10.1 Å². The molecule has 1 amide bonds. The lowest BCUT2D eigenvalue weighted by molar-refractivity contribution is 0.102. The van der Waals surface area contributed by atoms with Crippen LogP contribution in [0.3, 0.4) is 0 Å². The van der Waals surface area contributed by atoms with Gasteiger partial charge in [-0.25, -0.2) is 9.37 Å². The van der Waals surface area contributed by atoms with Gasteiger partial charge in [-0.2, -0.15) is 4.39 Å². The summed E-state index contributed by atoms with van der Waals surface area (Å²) in [5, 5.41) is 2.48. The summed E-state index contributed by atoms with van der Waals surface area (Å²) in [5.41, 5.74) is 0.0641. The minimum absolute atomic E-state index is 0.395. The number of carbonyl (C=O) groups excluding carboxylic acids is 1. The molecule has 2 rings (SSSR count). The molecule has 1 heterocycles. The van der Waals surface area contributed by atoms with E-state index in [-0.39, 0.29) is 0 Å². The third-order valence-corrected chi connectivity index (χ3v) is 2.68. The Morgan fingerprint density at radius 2 is 1.95 bits per heavy atom. The lowest BCUT2D eigenvalue weighted by Crippen LogP contribution is -2.15. The SMILES string of the molecule is CCCOc1ccc(NC(=O)c2ccnc(F)c2F)cc1. The summed E-state index contributed by atoms with van der Waals surface area (Å²) in [6.07, 6.45) is 1.93. The Morgan fingerprint density at radius 3 is 2.62 bits per heavy atom. The number of amides is 1. The molecule has 0 fully saturated rings. The molecular weight excluding hydrogens is 278 g/mol. The molecule has 21 heavy (non-hydrogen) atoms. The Hall–Kier alpha value is -2.50. The molecule has 1 aromatic heterocycles. The molecule has 0 bridgehead atoms. The molecule has 0 unspecified atom stereocenters. The number of nitrogens with one attached hydrogen (secondary N) is 1. The van der Waals surface area contributed by atoms with Crippen LogP contribution in [0.15, 0.2) is 36.5 Å². The number of pyridine rings is 1. The fourth-order valence-corrected chi connectivity index (χ4v) is 1.65. The van der Waals surface area contributed by atoms with Gasteiger partial charge in [0.1, 0.15) is 5.75 Å². The fourth-order valence-electron chi connectivity index (χ4n) is 1.65. The molecule has 0 atom stereocenters. The number of carbonyl (C=O) groups is 1. The minimum atomic E-state index is -1.30. The normalized spacial score (nSPS) is 10.2. The fraction of sp³-hybridized carbons (Fsp3) is 0.200. The Kier molecular flexibility index (Phi) is 4.81. The summed E-state index contributed by atoms with van der Waals surface area (Å²) in [5.74, 6) is -2.63. The third-order valence-electron chi connectivity index (χ3n) is 2.68. The van der Waals surface area contributed by atoms with E-state index in [1.807, 2.05) is 6.92 Å². The average Bonchev–Trinajstić information content (AvgIpc) is 2.49. The van der Waals surface area contributed by atoms with E-state index < -0.39 is 23.2 Å². The number of halogens is 2. The minimum Gasteiger partial charge on any atom is -0.494 e. The van der Waals surface area contributed by atoms with E-state index >= 15 is 0 Å². The predicted molar refractivity (Wildman–Crippen MR) is 74.3 cm³/mol. The van der Waals surface area contributed by atoms with Crippen molar-refractivity contribution in [1.82, 2.24) is 4.98 Å². The van der Waals surface area contributed by atoms with Gasteiger partial charge in [-0.1, -0.05) is 6.92 Å². The van der Waals surface area contributed by atoms with Crippen LogP contribution in [-0.2, 0) is 0 Å². The van der Waals surface area contributed by atoms with Crippen molar-refractivity contribution in [2.24, 2.45) is 0 Å². The summed E-state index contributed by atoms with van der Waals surface area (Å²) in [7, 11) is 0. The van der Waals surface area contributed by atoms with E-state index in [4.69, 9.17) is 4.74 Å². The molecule has 1 N–H and O–H groups in total. The number of hydrogen-bond donors (Lipinski definition) is 1. The lowest BCUT2D eigenvalue weighted by Gasteiger charge is -2.08. The standard InChI is InChI=1S/C15H14F2N2O2/c1-2-9-21-11-5-3-10(4-6-11)19-15(20)12-7-8-18-14(17)13(12)16/h3-8H,2,9H2,1H3,(H,19,20). The van der Waals surface area contributed by atoms with Crippen LogP contribution in [0.1, 0.15) is 23.7 Å². The molecule has 0 aliphatic rings. The molecule has 4 nitrogen and oxygen atoms in total. The summed E-state index contributed by atoms with van der Waals surface area (Å²) >= 11 is 0. The van der Waals surface area contributed by atoms with Gasteiger partial charge in [-0.05, 0) is 36.8 Å². The molecular formula is C15H14F2N2O2. The van der Waals surface area contributed by atoms with Crippen LogP contribution < -0.4 is 10.1 Å². The van der Waals surface area contributed by atoms with Gasteiger partial charge in [0.05, 0.1) is 12.2 Å². The zero-order valence-corrected chi connectivity index (χ0v) is 11.4. The second-order valence-corrected chi connectivity index (χ2v) is 4.29. The van der Waals surface area contributed by atoms with Crippen molar-refractivity contribution in [1.29, 1.82) is 0 Å². The lowest BCUT2D eigenvalue weighted by atomic mass is 10.2. The van der Waals surface area contributed by atoms with Crippen LogP contribution in [0.25, 0.3) is 0 Å². The zero-order valence-electron chi connectivity index (χ0n) is 11.4. The number of benzene rings is 1. The quantitative estimate of drug-likeness (QED) is 0.859. The maximum Gasteiger partial charge on any atom is 0.258 e. The molecule has 0 saturated heterocycles. The third kappa shape index (κ3) is 3.75. The second-order valence-electron chi connectivity index (χ2n) is 4.29. The molecule has 0 aliphatic heterocycles. The molecule has 2 aromatic rings. The summed E-state index contributed by atoms with van der Waals surface area (Å²) in [6, 6.07) is 7.74. The zero-order chi connectivity index (χ0) is 15.2. The van der Waals surface area contributed by atoms with Crippen LogP contribution in [0, 0.1) is 11.8 Å². The van der Waals surface area contributed by atoms with Crippen molar-refractivity contribution >= 4 is 11.6 Å². The van der Waals surface area contributed by atoms with Gasteiger partial charge in [0, 0.05) is 11.9 Å². The highest BCUT2D eigenvalue weighted by Crippen LogP contribution is 2.17. The van der Waals surface area contributed by atoms with Crippen molar-refractivity contribution < 1.29 is 18.3 Å². The van der Waals surface area contributed by atoms with Gasteiger partial charge in [0.25, 0.3) is 5.91 Å². The molecule has 0 aliphatic carbocycles. The Balaban J connectivity index is 2.07. The molecule has 0 spiro atoms. The van der Waals surface area contributed by atoms with Crippen LogP contribution in [0.4, 0.5) is 14.5 Å². The van der Waals surface area contributed by atoms with Crippen LogP contribution >= 0.6 is 0 Å². The van der Waals surface area contributed by atoms with Gasteiger partial charge in [-0.15, -0.1) is 0 Å². The highest BCUT2D eigenvalue weighted by Gasteiger charge is 2.16. The summed E-state index contributed by atoms with van der Waals surface area (Å²) < 4.78 is 31.8. The molecule has 0 radical (unpaired) electrons. The average molecular weight is 292 g/mol. The molecule has 0 saturated carbocycles. The van der Waals surface area contributed by atoms with E-state index in [0.717, 1.165) is 18.7 Å².